The molecule has 2 aliphatic heterocycles. The molecule has 0 bridgehead atoms. The topological polar surface area (TPSA) is 85.3 Å². The zero-order chi connectivity index (χ0) is 27.4. The molecule has 0 fully saturated rings. The van der Waals surface area contributed by atoms with E-state index in [9.17, 15) is 14.7 Å². The van der Waals surface area contributed by atoms with Crippen molar-refractivity contribution in [1.29, 1.82) is 0 Å². The van der Waals surface area contributed by atoms with Crippen LogP contribution in [0.1, 0.15) is 65.1 Å². The van der Waals surface area contributed by atoms with E-state index in [1.54, 1.807) is 35.2 Å². The second-order valence-corrected chi connectivity index (χ2v) is 11.1. The number of nitrogens with zero attached hydrogens (tertiary/aromatic N) is 1. The zero-order valence-electron chi connectivity index (χ0n) is 22.1. The normalized spacial score (nSPS) is 14.9. The number of rotatable bonds is 5. The summed E-state index contributed by atoms with van der Waals surface area (Å²) >= 11 is 6.17. The molecular weight excluding hydrogens is 506 g/mol. The molecule has 0 radical (unpaired) electrons. The third kappa shape index (κ3) is 4.61. The molecule has 0 saturated heterocycles. The van der Waals surface area contributed by atoms with Gasteiger partial charge in [-0.25, -0.2) is 4.79 Å². The number of hydrogen-bond acceptors (Lipinski definition) is 5. The molecule has 3 aromatic carbocycles. The molecule has 2 heterocycles. The van der Waals surface area contributed by atoms with Gasteiger partial charge in [0.05, 0.1) is 11.2 Å². The Bertz CT molecular complexity index is 1440. The minimum atomic E-state index is -1.20. The first-order chi connectivity index (χ1) is 18.0. The van der Waals surface area contributed by atoms with Crippen LogP contribution in [0.15, 0.2) is 42.5 Å². The molecule has 1 N–H and O–H groups in total. The largest absolute Gasteiger partial charge is 0.479 e. The lowest BCUT2D eigenvalue weighted by atomic mass is 9.83. The summed E-state index contributed by atoms with van der Waals surface area (Å²) in [7, 11) is 0. The number of halogens is 1. The fourth-order valence-corrected chi connectivity index (χ4v) is 5.46. The van der Waals surface area contributed by atoms with Gasteiger partial charge < -0.3 is 24.2 Å². The fraction of sp³-hybridized carbons (Fsp3) is 0.333. The van der Waals surface area contributed by atoms with E-state index in [0.29, 0.717) is 40.7 Å². The van der Waals surface area contributed by atoms with Crippen molar-refractivity contribution < 1.29 is 28.9 Å². The molecule has 1 unspecified atom stereocenters. The highest BCUT2D eigenvalue weighted by molar-refractivity contribution is 6.30. The maximum atomic E-state index is 13.7. The van der Waals surface area contributed by atoms with Crippen LogP contribution in [0, 0.1) is 13.8 Å². The van der Waals surface area contributed by atoms with E-state index in [-0.39, 0.29) is 12.7 Å². The van der Waals surface area contributed by atoms with E-state index in [2.05, 4.69) is 0 Å². The van der Waals surface area contributed by atoms with E-state index in [0.717, 1.165) is 33.4 Å². The van der Waals surface area contributed by atoms with Crippen molar-refractivity contribution in [3.05, 3.63) is 80.9 Å². The maximum Gasteiger partial charge on any atom is 0.337 e. The Hall–Kier alpha value is -3.55. The maximum absolute atomic E-state index is 13.7. The predicted molar refractivity (Wildman–Crippen MR) is 144 cm³/mol. The molecule has 1 amide bonds. The minimum absolute atomic E-state index is 0.0796. The number of aliphatic carboxylic acids is 1. The summed E-state index contributed by atoms with van der Waals surface area (Å²) in [6, 6.07) is 12.6. The Kier molecular flexibility index (Phi) is 6.61. The number of carbonyl (C=O) groups is 2. The van der Waals surface area contributed by atoms with Gasteiger partial charge in [0.2, 0.25) is 6.79 Å². The Morgan fingerprint density at radius 1 is 1.00 bits per heavy atom. The highest BCUT2D eigenvalue weighted by Gasteiger charge is 2.37. The summed E-state index contributed by atoms with van der Waals surface area (Å²) in [5.41, 5.74) is 5.65. The zero-order valence-corrected chi connectivity index (χ0v) is 22.8. The van der Waals surface area contributed by atoms with Gasteiger partial charge in [0.1, 0.15) is 0 Å². The lowest BCUT2D eigenvalue weighted by molar-refractivity contribution is -0.160. The fourth-order valence-electron chi connectivity index (χ4n) is 5.34. The van der Waals surface area contributed by atoms with Gasteiger partial charge in [-0.05, 0) is 92.3 Å². The summed E-state index contributed by atoms with van der Waals surface area (Å²) in [6.45, 7) is 10.2. The van der Waals surface area contributed by atoms with Crippen LogP contribution in [0.3, 0.4) is 0 Å². The van der Waals surface area contributed by atoms with Gasteiger partial charge in [-0.15, -0.1) is 0 Å². The Balaban J connectivity index is 1.65. The van der Waals surface area contributed by atoms with Gasteiger partial charge in [0.15, 0.2) is 17.6 Å². The molecule has 38 heavy (non-hydrogen) atoms. The second kappa shape index (κ2) is 9.64. The van der Waals surface area contributed by atoms with Crippen molar-refractivity contribution >= 4 is 23.5 Å². The monoisotopic (exact) mass is 535 g/mol. The number of carboxylic acids is 1. The first kappa shape index (κ1) is 26.1. The van der Waals surface area contributed by atoms with Crippen molar-refractivity contribution in [1.82, 2.24) is 4.90 Å². The Morgan fingerprint density at radius 2 is 1.66 bits per heavy atom. The molecule has 7 nitrogen and oxygen atoms in total. The van der Waals surface area contributed by atoms with Gasteiger partial charge in [-0.1, -0.05) is 29.8 Å². The molecule has 0 spiro atoms. The quantitative estimate of drug-likeness (QED) is 0.404. The van der Waals surface area contributed by atoms with Crippen molar-refractivity contribution in [2.24, 2.45) is 0 Å². The first-order valence-electron chi connectivity index (χ1n) is 12.5. The SMILES string of the molecule is Cc1c2c(c(C)c(C(OC(C)(C)C)C(=O)O)c1-c1ccc(Cl)cc1)CN(C(=O)c1cccc3c1OCO3)C2. The van der Waals surface area contributed by atoms with Crippen LogP contribution in [-0.4, -0.2) is 34.3 Å². The molecule has 0 aliphatic carbocycles. The number of benzene rings is 3. The Morgan fingerprint density at radius 3 is 2.29 bits per heavy atom. The predicted octanol–water partition coefficient (Wildman–Crippen LogP) is 6.45. The molecule has 3 aromatic rings. The van der Waals surface area contributed by atoms with Gasteiger partial charge in [-0.3, -0.25) is 4.79 Å². The van der Waals surface area contributed by atoms with Gasteiger partial charge >= 0.3 is 5.97 Å². The summed E-state index contributed by atoms with van der Waals surface area (Å²) in [4.78, 5) is 28.0. The van der Waals surface area contributed by atoms with Crippen LogP contribution < -0.4 is 9.47 Å². The van der Waals surface area contributed by atoms with Crippen LogP contribution in [0.5, 0.6) is 11.5 Å². The average Bonchev–Trinajstić information content (AvgIpc) is 3.52. The van der Waals surface area contributed by atoms with Crippen LogP contribution in [0.25, 0.3) is 11.1 Å². The number of carbonyl (C=O) groups excluding carboxylic acids is 1. The van der Waals surface area contributed by atoms with Crippen LogP contribution in [0.4, 0.5) is 0 Å². The number of carboxylic acid groups (broad SMARTS) is 1. The van der Waals surface area contributed by atoms with Crippen molar-refractivity contribution in [2.75, 3.05) is 6.79 Å². The smallest absolute Gasteiger partial charge is 0.337 e. The number of ether oxygens (including phenoxy) is 3. The molecule has 5 rings (SSSR count). The van der Waals surface area contributed by atoms with Gasteiger partial charge in [-0.2, -0.15) is 0 Å². The minimum Gasteiger partial charge on any atom is -0.479 e. The summed E-state index contributed by atoms with van der Waals surface area (Å²) < 4.78 is 17.2. The second-order valence-electron chi connectivity index (χ2n) is 10.7. The highest BCUT2D eigenvalue weighted by Crippen LogP contribution is 2.45. The molecule has 2 aliphatic rings. The Labute approximate surface area is 226 Å². The number of hydrogen-bond donors (Lipinski definition) is 1. The van der Waals surface area contributed by atoms with E-state index in [1.165, 1.54) is 0 Å². The van der Waals surface area contributed by atoms with Gasteiger partial charge in [0.25, 0.3) is 5.91 Å². The molecular formula is C30H30ClNO6. The van der Waals surface area contributed by atoms with Crippen molar-refractivity contribution in [3.8, 4) is 22.6 Å². The third-order valence-electron chi connectivity index (χ3n) is 7.02. The summed E-state index contributed by atoms with van der Waals surface area (Å²) in [5.74, 6) is -0.233. The number of para-hydroxylation sites is 1. The highest BCUT2D eigenvalue weighted by atomic mass is 35.5. The van der Waals surface area contributed by atoms with Crippen LogP contribution in [0.2, 0.25) is 5.02 Å². The molecule has 0 saturated carbocycles. The van der Waals surface area contributed by atoms with Crippen LogP contribution in [-0.2, 0) is 22.6 Å². The average molecular weight is 536 g/mol. The third-order valence-corrected chi connectivity index (χ3v) is 7.27. The summed E-state index contributed by atoms with van der Waals surface area (Å²) in [6.07, 6.45) is -1.20. The lowest BCUT2D eigenvalue weighted by Gasteiger charge is -2.29. The van der Waals surface area contributed by atoms with E-state index in [1.807, 2.05) is 46.8 Å². The summed E-state index contributed by atoms with van der Waals surface area (Å²) in [5, 5.41) is 10.9. The van der Waals surface area contributed by atoms with Crippen molar-refractivity contribution in [2.45, 2.75) is 59.4 Å². The molecule has 1 atom stereocenters. The van der Waals surface area contributed by atoms with Crippen molar-refractivity contribution in [3.63, 3.8) is 0 Å². The van der Waals surface area contributed by atoms with Crippen LogP contribution >= 0.6 is 11.6 Å². The number of fused-ring (bicyclic) bond motifs is 2. The standard InChI is InChI=1S/C30H30ClNO6/c1-16-21-13-32(28(33)20-7-6-8-23-26(20)37-15-36-23)14-22(21)17(2)25(27(29(34)35)38-30(3,4)5)24(16)18-9-11-19(31)12-10-18/h6-12,27H,13-15H2,1-5H3,(H,34,35). The van der Waals surface area contributed by atoms with Gasteiger partial charge in [0, 0.05) is 23.7 Å². The van der Waals surface area contributed by atoms with E-state index >= 15 is 0 Å². The molecule has 8 heteroatoms. The first-order valence-corrected chi connectivity index (χ1v) is 12.8. The molecule has 0 aromatic heterocycles. The van der Waals surface area contributed by atoms with E-state index < -0.39 is 17.7 Å². The van der Waals surface area contributed by atoms with E-state index in [4.69, 9.17) is 25.8 Å². The number of amides is 1. The lowest BCUT2D eigenvalue weighted by Crippen LogP contribution is -2.28. The molecule has 198 valence electrons.